The number of likely N-dealkylation sites (tertiary alicyclic amines) is 1. The van der Waals surface area contributed by atoms with Crippen molar-refractivity contribution in [3.8, 4) is 17.2 Å². The number of pyridine rings is 1. The van der Waals surface area contributed by atoms with Crippen LogP contribution in [0.3, 0.4) is 0 Å². The number of guanidine groups is 2. The number of rotatable bonds is 50. The minimum absolute atomic E-state index is 0.0340. The van der Waals surface area contributed by atoms with Crippen molar-refractivity contribution in [2.24, 2.45) is 21.6 Å². The number of phenolic OH excluding ortho intramolecular Hbond substituents is 1. The van der Waals surface area contributed by atoms with Gasteiger partial charge in [0.2, 0.25) is 65.0 Å². The number of nitrogens with two attached hydrogens (primary N) is 1. The topological polar surface area (TPSA) is 492 Å². The number of methoxy groups -OCH3 is 2. The molecule has 4 heterocycles. The van der Waals surface area contributed by atoms with Gasteiger partial charge in [0, 0.05) is 157 Å². The average Bonchev–Trinajstić information content (AvgIpc) is 1.81. The number of fused-ring (bicyclic) bond motifs is 2. The Morgan fingerprint density at radius 2 is 1.04 bits per heavy atom. The number of aliphatic imine (C=N–C) groups is 2. The zero-order valence-corrected chi connectivity index (χ0v) is 83.1. The Bertz CT molecular complexity index is 5410. The van der Waals surface area contributed by atoms with Gasteiger partial charge in [-0.05, 0) is 199 Å². The van der Waals surface area contributed by atoms with E-state index >= 15 is 9.59 Å². The lowest BCUT2D eigenvalue weighted by Crippen LogP contribution is -2.61. The number of aromatic nitrogens is 2. The predicted molar refractivity (Wildman–Crippen MR) is 544 cm³/mol. The van der Waals surface area contributed by atoms with E-state index in [-0.39, 0.29) is 76.0 Å². The van der Waals surface area contributed by atoms with Crippen LogP contribution < -0.4 is 89.2 Å². The summed E-state index contributed by atoms with van der Waals surface area (Å²) in [5.41, 5.74) is 12.7. The number of piperazine rings is 1. The number of aromatic amines is 1. The first kappa shape index (κ1) is 110. The van der Waals surface area contributed by atoms with Crippen LogP contribution in [0.15, 0.2) is 168 Å². The Balaban J connectivity index is 0.000000659. The number of carbonyl (C=O) groups excluding carboxylic acids is 11. The minimum Gasteiger partial charge on any atom is -0.508 e. The van der Waals surface area contributed by atoms with Gasteiger partial charge >= 0.3 is 0 Å². The molecule has 6 aromatic carbocycles. The van der Waals surface area contributed by atoms with E-state index in [1.165, 1.54) is 77.7 Å². The highest BCUT2D eigenvalue weighted by atomic mass is 35.5. The fraction of sp³-hybridized carbons (Fsp3) is 0.476. The van der Waals surface area contributed by atoms with E-state index in [2.05, 4.69) is 142 Å². The molecule has 0 saturated carbocycles. The number of ether oxygens (including phenoxy) is 2. The average molecular weight is 1950 g/mol. The van der Waals surface area contributed by atoms with Gasteiger partial charge in [-0.3, -0.25) is 72.6 Å². The molecule has 8 aromatic rings. The Morgan fingerprint density at radius 1 is 0.536 bits per heavy atom. The number of aliphatic hydroxyl groups is 1. The maximum absolute atomic E-state index is 15.2. The lowest BCUT2D eigenvalue weighted by atomic mass is 9.97. The third-order valence-corrected chi connectivity index (χ3v) is 24.6. The van der Waals surface area contributed by atoms with Crippen LogP contribution in [0.1, 0.15) is 147 Å². The number of benzene rings is 6. The standard InChI is InChI=1S/C80H113ClN18O13.C23H29N3O2/c1-9-84-79(85-10-2)88-39-17-15-27-60(70(104)94-62(42-49(5)6)71(105)93-61(28-16-18-40-89-80(86-11-3)87-12-4)78(112)99-41-21-29-68(99)77(111)90-50(7)69(82)103)92-72(106)63(44-53-32-36-58(102)37-33-53)97-76(110)67(48-100)98-74(108)65(45-54-22-20-38-83-47-54)96-73(107)64(43-52-30-34-57(81)35-31-52)95-75(109)66(91-51(8)101)46-56-25-19-24-55-23-13-14-26-59(55)56;1-17-19(20-15-22(27-2)23(28-3)16-21(20)24-17)9-10-25-11-13-26(14-12-25)18-7-5-4-6-8-18/h13-14,19-20,22-26,30-38,47,49-50,60-68,100,102H,9-12,15-18,21,27-29,39-46,48H2,1-8H3,(H2,82,103)(H,90,111)(H,91,101)(H,92,106)(H,93,105)(H,94,104)(H,95,109)(H,96,107)(H,97,110)(H,98,108)(H2,84,85,88)(H2,86,87,89);4-8,15-16,24H,9-14H2,1-3H3/t50-,60-,61+,62+,63+,64-,65-,66-,67+,68+;/m1./s1. The molecule has 2 aromatic heterocycles. The first-order valence-electron chi connectivity index (χ1n) is 48.5. The zero-order valence-electron chi connectivity index (χ0n) is 82.3. The number of aromatic hydroxyl groups is 1. The van der Waals surface area contributed by atoms with Gasteiger partial charge in [-0.1, -0.05) is 116 Å². The van der Waals surface area contributed by atoms with Crippen molar-refractivity contribution in [2.75, 3.05) is 104 Å². The molecule has 0 bridgehead atoms. The van der Waals surface area contributed by atoms with Crippen molar-refractivity contribution in [2.45, 2.75) is 213 Å². The van der Waals surface area contributed by atoms with E-state index < -0.39 is 132 Å². The van der Waals surface area contributed by atoms with E-state index in [0.29, 0.717) is 98.6 Å². The lowest BCUT2D eigenvalue weighted by Gasteiger charge is -2.36. The van der Waals surface area contributed by atoms with Crippen molar-refractivity contribution in [3.05, 3.63) is 197 Å². The number of nitrogens with one attached hydrogen (secondary N) is 14. The van der Waals surface area contributed by atoms with Gasteiger partial charge in [0.05, 0.1) is 20.8 Å². The zero-order chi connectivity index (χ0) is 101. The molecule has 10 atom stereocenters. The van der Waals surface area contributed by atoms with E-state index in [0.717, 1.165) is 72.5 Å². The van der Waals surface area contributed by atoms with Gasteiger partial charge in [0.25, 0.3) is 0 Å². The second-order valence-electron chi connectivity index (χ2n) is 35.4. The number of amides is 11. The number of H-pyrrole nitrogens is 1. The number of phenols is 1. The summed E-state index contributed by atoms with van der Waals surface area (Å²) in [7, 11) is 3.37. The van der Waals surface area contributed by atoms with E-state index in [9.17, 15) is 53.4 Å². The Labute approximate surface area is 825 Å². The number of primary amides is 1. The molecule has 18 N–H and O–H groups in total. The Hall–Kier alpha value is -13.6. The molecule has 140 heavy (non-hydrogen) atoms. The van der Waals surface area contributed by atoms with Crippen molar-refractivity contribution in [1.82, 2.24) is 88.9 Å². The van der Waals surface area contributed by atoms with Crippen LogP contribution >= 0.6 is 11.6 Å². The van der Waals surface area contributed by atoms with Crippen LogP contribution in [-0.4, -0.2) is 267 Å². The Morgan fingerprint density at radius 3 is 1.59 bits per heavy atom. The third kappa shape index (κ3) is 34.5. The molecule has 0 radical (unpaired) electrons. The number of nitrogens with zero attached hydrogens (tertiary/aromatic N) is 6. The third-order valence-electron chi connectivity index (χ3n) is 24.3. The summed E-state index contributed by atoms with van der Waals surface area (Å²) in [4.78, 5) is 181. The molecular weight excluding hydrogens is 1810 g/mol. The maximum Gasteiger partial charge on any atom is 0.245 e. The van der Waals surface area contributed by atoms with Crippen molar-refractivity contribution >= 4 is 116 Å². The normalized spacial score (nSPS) is 14.9. The molecule has 2 aliphatic rings. The number of halogens is 1. The molecule has 11 amide bonds. The molecule has 756 valence electrons. The first-order chi connectivity index (χ1) is 67.4. The molecular formula is C103H142ClN21O15. The highest BCUT2D eigenvalue weighted by Gasteiger charge is 2.41. The summed E-state index contributed by atoms with van der Waals surface area (Å²) < 4.78 is 10.9. The fourth-order valence-electron chi connectivity index (χ4n) is 17.0. The second-order valence-corrected chi connectivity index (χ2v) is 35.8. The van der Waals surface area contributed by atoms with Crippen LogP contribution in [0.2, 0.25) is 5.02 Å². The van der Waals surface area contributed by atoms with E-state index in [4.69, 9.17) is 26.8 Å². The molecule has 2 fully saturated rings. The highest BCUT2D eigenvalue weighted by molar-refractivity contribution is 6.30. The van der Waals surface area contributed by atoms with Gasteiger partial charge in [-0.2, -0.15) is 0 Å². The quantitative estimate of drug-likeness (QED) is 0.0116. The summed E-state index contributed by atoms with van der Waals surface area (Å²) in [6.07, 6.45) is 5.79. The monoisotopic (exact) mass is 1950 g/mol. The summed E-state index contributed by atoms with van der Waals surface area (Å²) in [6.45, 7) is 23.9. The van der Waals surface area contributed by atoms with Crippen molar-refractivity contribution < 1.29 is 72.4 Å². The summed E-state index contributed by atoms with van der Waals surface area (Å²) in [5.74, 6) is -6.18. The van der Waals surface area contributed by atoms with Crippen molar-refractivity contribution in [3.63, 3.8) is 0 Å². The number of carbonyl (C=O) groups is 11. The van der Waals surface area contributed by atoms with Crippen LogP contribution in [0.4, 0.5) is 5.69 Å². The number of para-hydroxylation sites is 1. The molecule has 0 aliphatic carbocycles. The molecule has 36 nitrogen and oxygen atoms in total. The van der Waals surface area contributed by atoms with E-state index in [1.807, 2.05) is 90.1 Å². The molecule has 10 rings (SSSR count). The minimum atomic E-state index is -1.82. The van der Waals surface area contributed by atoms with Crippen LogP contribution in [0, 0.1) is 12.8 Å². The number of hydrogen-bond donors (Lipinski definition) is 17. The van der Waals surface area contributed by atoms with Gasteiger partial charge < -0.3 is 109 Å². The molecule has 0 unspecified atom stereocenters. The smallest absolute Gasteiger partial charge is 0.245 e. The largest absolute Gasteiger partial charge is 0.508 e. The predicted octanol–water partition coefficient (Wildman–Crippen LogP) is 6.13. The van der Waals surface area contributed by atoms with Gasteiger partial charge in [0.1, 0.15) is 66.2 Å². The fourth-order valence-corrected chi connectivity index (χ4v) is 17.1. The number of anilines is 1. The summed E-state index contributed by atoms with van der Waals surface area (Å²) in [5, 5.41) is 62.1. The van der Waals surface area contributed by atoms with Gasteiger partial charge in [-0.15, -0.1) is 0 Å². The first-order valence-corrected chi connectivity index (χ1v) is 48.9. The van der Waals surface area contributed by atoms with Gasteiger partial charge in [0.15, 0.2) is 23.4 Å². The summed E-state index contributed by atoms with van der Waals surface area (Å²) in [6, 6.07) is 30.0. The van der Waals surface area contributed by atoms with Crippen LogP contribution in [-0.2, 0) is 84.8 Å². The van der Waals surface area contributed by atoms with E-state index in [1.54, 1.807) is 50.6 Å². The number of aryl methyl sites for hydroxylation is 1. The maximum atomic E-state index is 15.2. The molecule has 0 spiro atoms. The number of aliphatic hydroxyl groups excluding tert-OH is 1. The SMILES string of the molecule is CCNC(=NCCCC[C@H](NC(=O)[C@H](CC(C)C)NC(=O)[C@@H](CCCCN=C(NCC)NCC)NC(=O)[C@H](Cc1ccc(O)cc1)NC(=O)[C@H](CO)NC(=O)[C@@H](Cc1cccnc1)NC(=O)[C@@H](Cc1ccc(Cl)cc1)NC(=O)[C@@H](Cc1cccc2ccccc12)NC(C)=O)C(=O)N1CCC[C@H]1C(=O)N[C@H](C)C(N)=O)NCC.COc1cc2[nH]c(C)c(CCN3CCN(c4ccccc4)CC3)c2cc1OC. The highest BCUT2D eigenvalue weighted by Crippen LogP contribution is 2.35. The molecule has 2 aliphatic heterocycles. The molecule has 37 heteroatoms. The summed E-state index contributed by atoms with van der Waals surface area (Å²) >= 11 is 6.27. The van der Waals surface area contributed by atoms with Crippen LogP contribution in [0.25, 0.3) is 21.7 Å². The van der Waals surface area contributed by atoms with Gasteiger partial charge in [-0.25, -0.2) is 0 Å². The number of unbranched alkanes of at least 4 members (excludes halogenated alkanes) is 2. The van der Waals surface area contributed by atoms with Crippen LogP contribution in [0.5, 0.6) is 17.2 Å². The molecule has 2 saturated heterocycles. The second kappa shape index (κ2) is 57.1. The lowest BCUT2D eigenvalue weighted by molar-refractivity contribution is -0.142. The van der Waals surface area contributed by atoms with Crippen molar-refractivity contribution in [1.29, 1.82) is 0 Å². The Kier molecular flexibility index (Phi) is 44.8. The number of hydrogen-bond acceptors (Lipinski definition) is 20.